The van der Waals surface area contributed by atoms with Crippen molar-refractivity contribution in [1.29, 1.82) is 0 Å². The zero-order valence-electron chi connectivity index (χ0n) is 17.3. The first kappa shape index (κ1) is 19.3. The summed E-state index contributed by atoms with van der Waals surface area (Å²) in [6, 6.07) is 33.0. The number of nitrogens with zero attached hydrogens (tertiary/aromatic N) is 2. The molecule has 4 nitrogen and oxygen atoms in total. The summed E-state index contributed by atoms with van der Waals surface area (Å²) in [6.45, 7) is 2.51. The molecule has 1 saturated heterocycles. The second-order valence-electron chi connectivity index (χ2n) is 7.62. The Morgan fingerprint density at radius 3 is 1.68 bits per heavy atom. The van der Waals surface area contributed by atoms with Crippen molar-refractivity contribution >= 4 is 5.91 Å². The Kier molecular flexibility index (Phi) is 5.38. The summed E-state index contributed by atoms with van der Waals surface area (Å²) in [7, 11) is 0. The van der Waals surface area contributed by atoms with Crippen LogP contribution in [0.25, 0.3) is 28.2 Å². The van der Waals surface area contributed by atoms with Crippen molar-refractivity contribution in [3.8, 4) is 28.2 Å². The lowest BCUT2D eigenvalue weighted by Gasteiger charge is -2.27. The molecule has 0 radical (unpaired) electrons. The van der Waals surface area contributed by atoms with Gasteiger partial charge in [-0.1, -0.05) is 60.7 Å². The molecule has 1 aliphatic rings. The molecule has 0 spiro atoms. The predicted octanol–water partition coefficient (Wildman–Crippen LogP) is 5.28. The molecule has 154 valence electrons. The number of aromatic nitrogens is 1. The van der Waals surface area contributed by atoms with E-state index in [2.05, 4.69) is 65.2 Å². The highest BCUT2D eigenvalue weighted by molar-refractivity contribution is 5.94. The Bertz CT molecular complexity index is 1100. The summed E-state index contributed by atoms with van der Waals surface area (Å²) in [5.74, 6) is 0.0638. The molecule has 0 saturated carbocycles. The summed E-state index contributed by atoms with van der Waals surface area (Å²) in [5, 5.41) is 0. The summed E-state index contributed by atoms with van der Waals surface area (Å²) < 4.78 is 7.62. The van der Waals surface area contributed by atoms with Crippen molar-refractivity contribution in [2.75, 3.05) is 26.3 Å². The van der Waals surface area contributed by atoms with Crippen LogP contribution in [0.4, 0.5) is 0 Å². The summed E-state index contributed by atoms with van der Waals surface area (Å²) in [4.78, 5) is 14.7. The number of carbonyl (C=O) groups is 1. The number of hydrogen-bond acceptors (Lipinski definition) is 2. The van der Waals surface area contributed by atoms with Crippen LogP contribution in [0, 0.1) is 0 Å². The van der Waals surface area contributed by atoms with Crippen molar-refractivity contribution in [3.05, 3.63) is 103 Å². The lowest BCUT2D eigenvalue weighted by molar-refractivity contribution is 0.0303. The number of carbonyl (C=O) groups excluding carboxylic acids is 1. The number of hydrogen-bond donors (Lipinski definition) is 0. The highest BCUT2D eigenvalue weighted by atomic mass is 16.5. The molecular weight excluding hydrogens is 384 g/mol. The number of ether oxygens (including phenoxy) is 1. The monoisotopic (exact) mass is 408 g/mol. The first-order chi connectivity index (χ1) is 15.3. The van der Waals surface area contributed by atoms with Gasteiger partial charge in [-0.15, -0.1) is 0 Å². The molecule has 31 heavy (non-hydrogen) atoms. The summed E-state index contributed by atoms with van der Waals surface area (Å²) in [6.07, 6.45) is 0. The Morgan fingerprint density at radius 2 is 1.16 bits per heavy atom. The second kappa shape index (κ2) is 8.62. The van der Waals surface area contributed by atoms with Gasteiger partial charge < -0.3 is 14.2 Å². The largest absolute Gasteiger partial charge is 0.378 e. The molecule has 5 rings (SSSR count). The van der Waals surface area contributed by atoms with Gasteiger partial charge in [-0.25, -0.2) is 0 Å². The highest BCUT2D eigenvalue weighted by Gasteiger charge is 2.19. The molecule has 4 aromatic rings. The smallest absolute Gasteiger partial charge is 0.254 e. The van der Waals surface area contributed by atoms with E-state index in [0.29, 0.717) is 31.9 Å². The predicted molar refractivity (Wildman–Crippen MR) is 123 cm³/mol. The second-order valence-corrected chi connectivity index (χ2v) is 7.62. The standard InChI is InChI=1S/C27H24N2O2/c30-27(28-17-19-31-20-18-28)23-11-13-24(14-12-23)29-25(21-7-3-1-4-8-21)15-16-26(29)22-9-5-2-6-10-22/h1-16H,17-20H2. The molecule has 1 amide bonds. The molecule has 0 aliphatic carbocycles. The third kappa shape index (κ3) is 3.90. The summed E-state index contributed by atoms with van der Waals surface area (Å²) >= 11 is 0. The molecule has 4 heteroatoms. The molecule has 1 fully saturated rings. The van der Waals surface area contributed by atoms with Gasteiger partial charge in [-0.2, -0.15) is 0 Å². The fourth-order valence-electron chi connectivity index (χ4n) is 4.09. The van der Waals surface area contributed by atoms with Crippen molar-refractivity contribution in [1.82, 2.24) is 9.47 Å². The van der Waals surface area contributed by atoms with E-state index in [4.69, 9.17) is 4.74 Å². The SMILES string of the molecule is O=C(c1ccc(-n2c(-c3ccccc3)ccc2-c2ccccc2)cc1)N1CCOCC1. The maximum Gasteiger partial charge on any atom is 0.254 e. The molecule has 2 heterocycles. The first-order valence-electron chi connectivity index (χ1n) is 10.6. The zero-order valence-corrected chi connectivity index (χ0v) is 17.3. The van der Waals surface area contributed by atoms with Gasteiger partial charge in [-0.05, 0) is 47.5 Å². The van der Waals surface area contributed by atoms with Crippen LogP contribution >= 0.6 is 0 Å². The van der Waals surface area contributed by atoms with E-state index in [9.17, 15) is 4.79 Å². The van der Waals surface area contributed by atoms with Crippen molar-refractivity contribution < 1.29 is 9.53 Å². The van der Waals surface area contributed by atoms with Gasteiger partial charge in [-0.3, -0.25) is 4.79 Å². The Hall–Kier alpha value is -3.63. The van der Waals surface area contributed by atoms with Crippen LogP contribution in [0.3, 0.4) is 0 Å². The minimum atomic E-state index is 0.0638. The molecule has 0 unspecified atom stereocenters. The van der Waals surface area contributed by atoms with Gasteiger partial charge in [0, 0.05) is 24.3 Å². The lowest BCUT2D eigenvalue weighted by Crippen LogP contribution is -2.40. The van der Waals surface area contributed by atoms with Crippen LogP contribution in [0.2, 0.25) is 0 Å². The minimum absolute atomic E-state index is 0.0638. The van der Waals surface area contributed by atoms with Gasteiger partial charge in [0.15, 0.2) is 0 Å². The fourth-order valence-corrected chi connectivity index (χ4v) is 4.09. The van der Waals surface area contributed by atoms with Gasteiger partial charge in [0.25, 0.3) is 5.91 Å². The average molecular weight is 409 g/mol. The van der Waals surface area contributed by atoms with Gasteiger partial charge in [0.2, 0.25) is 0 Å². The minimum Gasteiger partial charge on any atom is -0.378 e. The van der Waals surface area contributed by atoms with E-state index >= 15 is 0 Å². The number of benzene rings is 3. The quantitative estimate of drug-likeness (QED) is 0.460. The maximum absolute atomic E-state index is 12.8. The van der Waals surface area contributed by atoms with Crippen LogP contribution in [0.5, 0.6) is 0 Å². The number of amides is 1. The Labute approximate surface area is 182 Å². The van der Waals surface area contributed by atoms with Gasteiger partial charge >= 0.3 is 0 Å². The summed E-state index contributed by atoms with van der Waals surface area (Å²) in [5.41, 5.74) is 6.27. The molecule has 1 aliphatic heterocycles. The first-order valence-corrected chi connectivity index (χ1v) is 10.6. The topological polar surface area (TPSA) is 34.5 Å². The third-order valence-electron chi connectivity index (χ3n) is 5.69. The van der Waals surface area contributed by atoms with Crippen LogP contribution in [0.15, 0.2) is 97.1 Å². The molecule has 1 aromatic heterocycles. The van der Waals surface area contributed by atoms with Gasteiger partial charge in [0.05, 0.1) is 24.6 Å². The third-order valence-corrected chi connectivity index (χ3v) is 5.69. The lowest BCUT2D eigenvalue weighted by atomic mass is 10.1. The van der Waals surface area contributed by atoms with E-state index in [1.165, 1.54) is 0 Å². The number of morpholine rings is 1. The molecule has 0 atom stereocenters. The van der Waals surface area contributed by atoms with E-state index in [-0.39, 0.29) is 5.91 Å². The maximum atomic E-state index is 12.8. The normalized spacial score (nSPS) is 13.9. The number of rotatable bonds is 4. The average Bonchev–Trinajstić information content (AvgIpc) is 3.30. The van der Waals surface area contributed by atoms with Crippen LogP contribution in [-0.4, -0.2) is 41.7 Å². The van der Waals surface area contributed by atoms with Crippen molar-refractivity contribution in [3.63, 3.8) is 0 Å². The molecule has 0 bridgehead atoms. The van der Waals surface area contributed by atoms with E-state index < -0.39 is 0 Å². The van der Waals surface area contributed by atoms with Crippen LogP contribution in [-0.2, 0) is 4.74 Å². The highest BCUT2D eigenvalue weighted by Crippen LogP contribution is 2.32. The molecular formula is C27H24N2O2. The van der Waals surface area contributed by atoms with Crippen molar-refractivity contribution in [2.24, 2.45) is 0 Å². The van der Waals surface area contributed by atoms with Crippen molar-refractivity contribution in [2.45, 2.75) is 0 Å². The molecule has 0 N–H and O–H groups in total. The molecule has 3 aromatic carbocycles. The Morgan fingerprint density at radius 1 is 0.645 bits per heavy atom. The van der Waals surface area contributed by atoms with Crippen LogP contribution in [0.1, 0.15) is 10.4 Å². The fraction of sp³-hybridized carbons (Fsp3) is 0.148. The van der Waals surface area contributed by atoms with Gasteiger partial charge in [0.1, 0.15) is 0 Å². The van der Waals surface area contributed by atoms with E-state index in [1.807, 2.05) is 41.3 Å². The Balaban J connectivity index is 1.55. The van der Waals surface area contributed by atoms with E-state index in [1.54, 1.807) is 0 Å². The zero-order chi connectivity index (χ0) is 21.0. The van der Waals surface area contributed by atoms with E-state index in [0.717, 1.165) is 28.2 Å². The van der Waals surface area contributed by atoms with Crippen LogP contribution < -0.4 is 0 Å².